The zero-order valence-corrected chi connectivity index (χ0v) is 14.9. The minimum atomic E-state index is 0.146. The van der Waals surface area contributed by atoms with Crippen LogP contribution < -0.4 is 5.32 Å². The van der Waals surface area contributed by atoms with Crippen LogP contribution in [0.4, 0.5) is 11.5 Å². The smallest absolute Gasteiger partial charge is 0.145 e. The fourth-order valence-electron chi connectivity index (χ4n) is 3.07. The number of aromatic nitrogens is 5. The van der Waals surface area contributed by atoms with Crippen molar-refractivity contribution in [2.75, 3.05) is 5.32 Å². The van der Waals surface area contributed by atoms with Crippen molar-refractivity contribution < 1.29 is 5.11 Å². The van der Waals surface area contributed by atoms with Gasteiger partial charge in [-0.2, -0.15) is 5.10 Å². The largest absolute Gasteiger partial charge is 0.507 e. The Hall–Kier alpha value is -3.52. The highest BCUT2D eigenvalue weighted by molar-refractivity contribution is 7.09. The van der Waals surface area contributed by atoms with Gasteiger partial charge in [-0.1, -0.05) is 6.07 Å². The molecule has 0 saturated carbocycles. The predicted octanol–water partition coefficient (Wildman–Crippen LogP) is 3.93. The number of nitrogens with zero attached hydrogens (tertiary/aromatic N) is 5. The molecule has 8 heteroatoms. The molecule has 0 atom stereocenters. The molecule has 5 aromatic rings. The Labute approximate surface area is 158 Å². The van der Waals surface area contributed by atoms with Gasteiger partial charge in [-0.05, 0) is 30.3 Å². The summed E-state index contributed by atoms with van der Waals surface area (Å²) in [5.41, 5.74) is 2.58. The average molecular weight is 374 g/mol. The Morgan fingerprint density at radius 3 is 2.96 bits per heavy atom. The lowest BCUT2D eigenvalue weighted by Gasteiger charge is -2.09. The second kappa shape index (κ2) is 6.33. The topological polar surface area (TPSA) is 88.8 Å². The van der Waals surface area contributed by atoms with Crippen LogP contribution in [0.25, 0.3) is 21.8 Å². The van der Waals surface area contributed by atoms with Crippen molar-refractivity contribution in [2.24, 2.45) is 0 Å². The molecule has 0 spiro atoms. The minimum Gasteiger partial charge on any atom is -0.507 e. The van der Waals surface area contributed by atoms with Gasteiger partial charge < -0.3 is 10.4 Å². The first kappa shape index (κ1) is 15.7. The number of aromatic hydroxyl groups is 1. The van der Waals surface area contributed by atoms with Crippen LogP contribution in [0.1, 0.15) is 5.01 Å². The maximum Gasteiger partial charge on any atom is 0.145 e. The van der Waals surface area contributed by atoms with Crippen molar-refractivity contribution in [3.63, 3.8) is 0 Å². The summed E-state index contributed by atoms with van der Waals surface area (Å²) in [7, 11) is 0. The third-order valence-corrected chi connectivity index (χ3v) is 5.08. The molecule has 0 bridgehead atoms. The number of anilines is 2. The van der Waals surface area contributed by atoms with Gasteiger partial charge in [0, 0.05) is 22.7 Å². The van der Waals surface area contributed by atoms with E-state index in [1.54, 1.807) is 29.7 Å². The molecule has 5 rings (SSSR count). The molecular weight excluding hydrogens is 360 g/mol. The summed E-state index contributed by atoms with van der Waals surface area (Å²) in [6.45, 7) is 0.651. The van der Waals surface area contributed by atoms with Crippen LogP contribution in [0, 0.1) is 0 Å². The summed E-state index contributed by atoms with van der Waals surface area (Å²) in [5.74, 6) is 0.709. The minimum absolute atomic E-state index is 0.146. The molecule has 0 aliphatic carbocycles. The number of hydrogen-bond donors (Lipinski definition) is 2. The standard InChI is InChI=1S/C19H14N6OS/c26-16-3-1-2-14-18(16)19(22-11-21-14)24-13-4-5-15-12(8-13)9-23-25(15)10-17-20-6-7-27-17/h1-9,11,26H,10H2,(H,21,22,24). The van der Waals surface area contributed by atoms with Gasteiger partial charge in [0.15, 0.2) is 0 Å². The van der Waals surface area contributed by atoms with E-state index >= 15 is 0 Å². The Kier molecular flexibility index (Phi) is 3.68. The van der Waals surface area contributed by atoms with E-state index in [-0.39, 0.29) is 5.75 Å². The molecule has 3 aromatic heterocycles. The van der Waals surface area contributed by atoms with E-state index in [0.717, 1.165) is 21.6 Å². The summed E-state index contributed by atoms with van der Waals surface area (Å²) in [4.78, 5) is 12.8. The highest BCUT2D eigenvalue weighted by Crippen LogP contribution is 2.31. The van der Waals surface area contributed by atoms with Crippen LogP contribution >= 0.6 is 11.3 Å². The van der Waals surface area contributed by atoms with Crippen LogP contribution in [-0.4, -0.2) is 29.8 Å². The normalized spacial score (nSPS) is 11.3. The fourth-order valence-corrected chi connectivity index (χ4v) is 3.67. The highest BCUT2D eigenvalue weighted by atomic mass is 32.1. The third kappa shape index (κ3) is 2.85. The van der Waals surface area contributed by atoms with E-state index in [1.807, 2.05) is 40.5 Å². The van der Waals surface area contributed by atoms with Crippen molar-refractivity contribution in [1.29, 1.82) is 0 Å². The summed E-state index contributed by atoms with van der Waals surface area (Å²) in [5, 5.41) is 22.5. The first-order valence-electron chi connectivity index (χ1n) is 8.31. The van der Waals surface area contributed by atoms with Gasteiger partial charge in [-0.3, -0.25) is 4.68 Å². The second-order valence-electron chi connectivity index (χ2n) is 6.02. The molecule has 0 saturated heterocycles. The number of phenols is 1. The number of benzene rings is 2. The van der Waals surface area contributed by atoms with Crippen LogP contribution in [0.5, 0.6) is 5.75 Å². The number of rotatable bonds is 4. The van der Waals surface area contributed by atoms with Crippen molar-refractivity contribution in [2.45, 2.75) is 6.54 Å². The maximum atomic E-state index is 10.2. The lowest BCUT2D eigenvalue weighted by atomic mass is 10.2. The average Bonchev–Trinajstić information content (AvgIpc) is 3.32. The van der Waals surface area contributed by atoms with Gasteiger partial charge in [0.1, 0.15) is 22.9 Å². The first-order chi connectivity index (χ1) is 13.3. The van der Waals surface area contributed by atoms with E-state index in [4.69, 9.17) is 0 Å². The second-order valence-corrected chi connectivity index (χ2v) is 7.00. The lowest BCUT2D eigenvalue weighted by molar-refractivity contribution is 0.481. The molecule has 0 aliphatic rings. The maximum absolute atomic E-state index is 10.2. The van der Waals surface area contributed by atoms with Crippen LogP contribution in [0.2, 0.25) is 0 Å². The van der Waals surface area contributed by atoms with Gasteiger partial charge in [-0.15, -0.1) is 11.3 Å². The van der Waals surface area contributed by atoms with Gasteiger partial charge in [0.25, 0.3) is 0 Å². The first-order valence-corrected chi connectivity index (χ1v) is 9.19. The monoisotopic (exact) mass is 374 g/mol. The molecule has 0 unspecified atom stereocenters. The molecular formula is C19H14N6OS. The zero-order chi connectivity index (χ0) is 18.2. The van der Waals surface area contributed by atoms with Crippen molar-refractivity contribution >= 4 is 44.6 Å². The number of nitrogens with one attached hydrogen (secondary N) is 1. The van der Waals surface area contributed by atoms with Gasteiger partial charge in [0.05, 0.1) is 29.2 Å². The molecule has 7 nitrogen and oxygen atoms in total. The van der Waals surface area contributed by atoms with Crippen molar-refractivity contribution in [3.8, 4) is 5.75 Å². The zero-order valence-electron chi connectivity index (χ0n) is 14.1. The molecule has 0 fully saturated rings. The highest BCUT2D eigenvalue weighted by Gasteiger charge is 2.10. The molecule has 2 aromatic carbocycles. The molecule has 132 valence electrons. The number of fused-ring (bicyclic) bond motifs is 2. The molecule has 2 N–H and O–H groups in total. The van der Waals surface area contributed by atoms with E-state index in [9.17, 15) is 5.11 Å². The van der Waals surface area contributed by atoms with E-state index < -0.39 is 0 Å². The summed E-state index contributed by atoms with van der Waals surface area (Å²) in [6, 6.07) is 11.2. The van der Waals surface area contributed by atoms with E-state index in [0.29, 0.717) is 23.3 Å². The number of hydrogen-bond acceptors (Lipinski definition) is 7. The van der Waals surface area contributed by atoms with E-state index in [2.05, 4.69) is 25.4 Å². The van der Waals surface area contributed by atoms with Gasteiger partial charge in [-0.25, -0.2) is 15.0 Å². The quantitative estimate of drug-likeness (QED) is 0.495. The summed E-state index contributed by atoms with van der Waals surface area (Å²) >= 11 is 1.61. The molecule has 0 amide bonds. The number of thiazole rings is 1. The third-order valence-electron chi connectivity index (χ3n) is 4.31. The van der Waals surface area contributed by atoms with Crippen molar-refractivity contribution in [1.82, 2.24) is 24.7 Å². The van der Waals surface area contributed by atoms with E-state index in [1.165, 1.54) is 6.33 Å². The Morgan fingerprint density at radius 1 is 1.11 bits per heavy atom. The SMILES string of the molecule is Oc1cccc2ncnc(Nc3ccc4c(cnn4Cc4nccs4)c3)c12. The van der Waals surface area contributed by atoms with Crippen LogP contribution in [0.15, 0.2) is 60.5 Å². The van der Waals surface area contributed by atoms with Crippen molar-refractivity contribution in [3.05, 3.63) is 65.5 Å². The van der Waals surface area contributed by atoms with Gasteiger partial charge in [0.2, 0.25) is 0 Å². The molecule has 3 heterocycles. The number of phenolic OH excluding ortho intramolecular Hbond substituents is 1. The van der Waals surface area contributed by atoms with Crippen LogP contribution in [-0.2, 0) is 6.54 Å². The lowest BCUT2D eigenvalue weighted by Crippen LogP contribution is -2.01. The Morgan fingerprint density at radius 2 is 2.07 bits per heavy atom. The molecule has 0 aliphatic heterocycles. The van der Waals surface area contributed by atoms with Gasteiger partial charge >= 0.3 is 0 Å². The van der Waals surface area contributed by atoms with Crippen LogP contribution in [0.3, 0.4) is 0 Å². The molecule has 0 radical (unpaired) electrons. The Bertz CT molecular complexity index is 1240. The fraction of sp³-hybridized carbons (Fsp3) is 0.0526. The Balaban J connectivity index is 1.50. The molecule has 27 heavy (non-hydrogen) atoms. The summed E-state index contributed by atoms with van der Waals surface area (Å²) < 4.78 is 1.93. The predicted molar refractivity (Wildman–Crippen MR) is 105 cm³/mol. The summed E-state index contributed by atoms with van der Waals surface area (Å²) in [6.07, 6.45) is 5.12.